The van der Waals surface area contributed by atoms with Crippen LogP contribution in [0.4, 0.5) is 0 Å². The Balaban J connectivity index is 2.23. The molecular weight excluding hydrogens is 146 g/mol. The summed E-state index contributed by atoms with van der Waals surface area (Å²) in [4.78, 5) is 2.38. The van der Waals surface area contributed by atoms with Crippen LogP contribution >= 0.6 is 0 Å². The van der Waals surface area contributed by atoms with Gasteiger partial charge in [0.15, 0.2) is 0 Å². The fourth-order valence-corrected chi connectivity index (χ4v) is 1.55. The van der Waals surface area contributed by atoms with Gasteiger partial charge in [0, 0.05) is 19.5 Å². The van der Waals surface area contributed by atoms with E-state index in [-0.39, 0.29) is 0 Å². The summed E-state index contributed by atoms with van der Waals surface area (Å²) >= 11 is 0. The largest absolute Gasteiger partial charge is 0.298 e. The summed E-state index contributed by atoms with van der Waals surface area (Å²) in [7, 11) is 0. The van der Waals surface area contributed by atoms with Crippen molar-refractivity contribution in [2.75, 3.05) is 13.1 Å². The predicted molar refractivity (Wildman–Crippen MR) is 49.7 cm³/mol. The van der Waals surface area contributed by atoms with Crippen LogP contribution in [-0.2, 0) is 6.54 Å². The van der Waals surface area contributed by atoms with Crippen LogP contribution in [0.5, 0.6) is 0 Å². The van der Waals surface area contributed by atoms with E-state index in [4.69, 9.17) is 0 Å². The molecule has 1 heterocycles. The molecule has 1 aromatic carbocycles. The highest BCUT2D eigenvalue weighted by molar-refractivity contribution is 5.35. The minimum absolute atomic E-state index is 0.980. The standard InChI is InChI=1S/C11H13N/c1-2-12-8-7-10-5-3-4-6-11(10)9-12/h3-6H,2,8-9H2,1H3. The molecule has 1 aliphatic heterocycles. The second kappa shape index (κ2) is 3.28. The monoisotopic (exact) mass is 159 g/mol. The van der Waals surface area contributed by atoms with E-state index in [0.29, 0.717) is 0 Å². The summed E-state index contributed by atoms with van der Waals surface area (Å²) in [6, 6.07) is 8.50. The first-order valence-electron chi connectivity index (χ1n) is 4.44. The van der Waals surface area contributed by atoms with Crippen LogP contribution < -0.4 is 0 Å². The van der Waals surface area contributed by atoms with Crippen molar-refractivity contribution in [3.8, 4) is 0 Å². The normalized spacial score (nSPS) is 17.4. The van der Waals surface area contributed by atoms with Crippen LogP contribution in [-0.4, -0.2) is 18.0 Å². The van der Waals surface area contributed by atoms with E-state index in [9.17, 15) is 0 Å². The topological polar surface area (TPSA) is 3.24 Å². The van der Waals surface area contributed by atoms with Crippen molar-refractivity contribution in [1.82, 2.24) is 4.90 Å². The molecule has 0 spiro atoms. The van der Waals surface area contributed by atoms with E-state index in [1.807, 2.05) is 0 Å². The highest BCUT2D eigenvalue weighted by Gasteiger charge is 2.13. The Hall–Kier alpha value is -0.820. The Morgan fingerprint density at radius 1 is 1.42 bits per heavy atom. The smallest absolute Gasteiger partial charge is 0.0320 e. The molecule has 0 bridgehead atoms. The number of hydrogen-bond acceptors (Lipinski definition) is 1. The molecule has 0 aromatic heterocycles. The molecule has 2 rings (SSSR count). The number of nitrogens with zero attached hydrogens (tertiary/aromatic N) is 1. The fraction of sp³-hybridized carbons (Fsp3) is 0.364. The lowest BCUT2D eigenvalue weighted by Gasteiger charge is -2.26. The van der Waals surface area contributed by atoms with Crippen LogP contribution in [0.15, 0.2) is 24.3 Å². The van der Waals surface area contributed by atoms with E-state index in [1.165, 1.54) is 11.1 Å². The maximum atomic E-state index is 3.39. The zero-order chi connectivity index (χ0) is 8.39. The average molecular weight is 159 g/mol. The molecule has 0 aliphatic carbocycles. The van der Waals surface area contributed by atoms with E-state index in [1.54, 1.807) is 0 Å². The predicted octanol–water partition coefficient (Wildman–Crippen LogP) is 1.95. The SMILES string of the molecule is CCN1C[C]c2ccccc2C1. The molecule has 0 unspecified atom stereocenters. The highest BCUT2D eigenvalue weighted by Crippen LogP contribution is 2.18. The molecule has 1 aliphatic rings. The summed E-state index contributed by atoms with van der Waals surface area (Å²) in [6.07, 6.45) is 3.39. The zero-order valence-electron chi connectivity index (χ0n) is 7.38. The van der Waals surface area contributed by atoms with Gasteiger partial charge in [-0.05, 0) is 17.7 Å². The number of likely N-dealkylation sites (N-methyl/N-ethyl adjacent to an activating group) is 1. The van der Waals surface area contributed by atoms with Crippen molar-refractivity contribution in [2.24, 2.45) is 0 Å². The van der Waals surface area contributed by atoms with Gasteiger partial charge >= 0.3 is 0 Å². The Morgan fingerprint density at radius 2 is 2.25 bits per heavy atom. The highest BCUT2D eigenvalue weighted by atomic mass is 15.1. The van der Waals surface area contributed by atoms with Crippen LogP contribution in [0.2, 0.25) is 0 Å². The Kier molecular flexibility index (Phi) is 2.13. The minimum Gasteiger partial charge on any atom is -0.298 e. The van der Waals surface area contributed by atoms with Gasteiger partial charge in [-0.1, -0.05) is 31.2 Å². The summed E-state index contributed by atoms with van der Waals surface area (Å²) < 4.78 is 0. The van der Waals surface area contributed by atoms with Crippen LogP contribution in [0, 0.1) is 6.42 Å². The second-order valence-electron chi connectivity index (χ2n) is 3.14. The summed E-state index contributed by atoms with van der Waals surface area (Å²) in [5.41, 5.74) is 2.70. The molecule has 1 aromatic rings. The number of rotatable bonds is 1. The van der Waals surface area contributed by atoms with Gasteiger partial charge in [-0.3, -0.25) is 4.90 Å². The van der Waals surface area contributed by atoms with E-state index in [2.05, 4.69) is 42.5 Å². The molecule has 0 amide bonds. The van der Waals surface area contributed by atoms with Gasteiger partial charge in [-0.15, -0.1) is 0 Å². The van der Waals surface area contributed by atoms with Gasteiger partial charge in [-0.25, -0.2) is 0 Å². The first-order chi connectivity index (χ1) is 5.90. The molecule has 1 heteroatoms. The van der Waals surface area contributed by atoms with E-state index < -0.39 is 0 Å². The molecule has 0 saturated carbocycles. The Bertz CT molecular complexity index is 267. The van der Waals surface area contributed by atoms with Gasteiger partial charge in [0.05, 0.1) is 0 Å². The van der Waals surface area contributed by atoms with Gasteiger partial charge < -0.3 is 0 Å². The number of fused-ring (bicyclic) bond motifs is 1. The second-order valence-corrected chi connectivity index (χ2v) is 3.14. The van der Waals surface area contributed by atoms with E-state index >= 15 is 0 Å². The van der Waals surface area contributed by atoms with E-state index in [0.717, 1.165) is 19.6 Å². The van der Waals surface area contributed by atoms with Gasteiger partial charge in [0.1, 0.15) is 0 Å². The molecule has 1 nitrogen and oxygen atoms in total. The van der Waals surface area contributed by atoms with Gasteiger partial charge in [0.25, 0.3) is 0 Å². The van der Waals surface area contributed by atoms with Crippen molar-refractivity contribution < 1.29 is 0 Å². The molecule has 0 saturated heterocycles. The molecule has 62 valence electrons. The fourth-order valence-electron chi connectivity index (χ4n) is 1.55. The average Bonchev–Trinajstić information content (AvgIpc) is 2.17. The first-order valence-corrected chi connectivity index (χ1v) is 4.44. The molecule has 2 radical (unpaired) electrons. The summed E-state index contributed by atoms with van der Waals surface area (Å²) in [6.45, 7) is 5.37. The Morgan fingerprint density at radius 3 is 3.08 bits per heavy atom. The Labute approximate surface area is 74.0 Å². The molecule has 0 atom stereocenters. The quantitative estimate of drug-likeness (QED) is 0.605. The van der Waals surface area contributed by atoms with Crippen LogP contribution in [0.25, 0.3) is 0 Å². The van der Waals surface area contributed by atoms with Crippen molar-refractivity contribution >= 4 is 0 Å². The number of hydrogen-bond donors (Lipinski definition) is 0. The van der Waals surface area contributed by atoms with Crippen molar-refractivity contribution in [3.63, 3.8) is 0 Å². The lowest BCUT2D eigenvalue weighted by molar-refractivity contribution is 0.293. The molecule has 0 fully saturated rings. The summed E-state index contributed by atoms with van der Waals surface area (Å²) in [5.74, 6) is 0. The maximum absolute atomic E-state index is 3.39. The molecule has 12 heavy (non-hydrogen) atoms. The molecular formula is C11H13N. The lowest BCUT2D eigenvalue weighted by atomic mass is 10.0. The van der Waals surface area contributed by atoms with Crippen molar-refractivity contribution in [2.45, 2.75) is 13.5 Å². The maximum Gasteiger partial charge on any atom is 0.0320 e. The van der Waals surface area contributed by atoms with Gasteiger partial charge in [0.2, 0.25) is 0 Å². The first kappa shape index (κ1) is 7.81. The van der Waals surface area contributed by atoms with Crippen molar-refractivity contribution in [1.29, 1.82) is 0 Å². The van der Waals surface area contributed by atoms with Crippen molar-refractivity contribution in [3.05, 3.63) is 41.8 Å². The number of benzene rings is 1. The van der Waals surface area contributed by atoms with Crippen LogP contribution in [0.3, 0.4) is 0 Å². The third-order valence-electron chi connectivity index (χ3n) is 2.35. The third-order valence-corrected chi connectivity index (χ3v) is 2.35. The lowest BCUT2D eigenvalue weighted by Crippen LogP contribution is -2.28. The zero-order valence-corrected chi connectivity index (χ0v) is 7.38. The third kappa shape index (κ3) is 1.37. The van der Waals surface area contributed by atoms with Gasteiger partial charge in [-0.2, -0.15) is 0 Å². The minimum atomic E-state index is 0.980. The summed E-state index contributed by atoms with van der Waals surface area (Å²) in [5, 5.41) is 0. The van der Waals surface area contributed by atoms with Crippen LogP contribution in [0.1, 0.15) is 18.1 Å². The molecule has 0 N–H and O–H groups in total.